The average Bonchev–Trinajstić information content (AvgIpc) is 3.19. The van der Waals surface area contributed by atoms with E-state index >= 15 is 0 Å². The number of amides is 4. The molecular weight excluding hydrogens is 558 g/mol. The summed E-state index contributed by atoms with van der Waals surface area (Å²) in [5.74, 6) is -1.52. The first-order valence-corrected chi connectivity index (χ1v) is 14.5. The summed E-state index contributed by atoms with van der Waals surface area (Å²) in [6, 6.07) is 16.6. The Morgan fingerprint density at radius 2 is 1.67 bits per heavy atom. The quantitative estimate of drug-likeness (QED) is 0.220. The van der Waals surface area contributed by atoms with Crippen molar-refractivity contribution in [3.05, 3.63) is 82.3 Å². The van der Waals surface area contributed by atoms with Gasteiger partial charge in [0.05, 0.1) is 11.8 Å². The third-order valence-corrected chi connectivity index (χ3v) is 7.98. The minimum Gasteiger partial charge on any atom is -0.354 e. The number of nitrogens with one attached hydrogen (secondary N) is 1. The fraction of sp³-hybridized carbons (Fsp3) is 0.419. The molecule has 0 spiro atoms. The molecule has 4 amide bonds. The van der Waals surface area contributed by atoms with Crippen LogP contribution in [0.4, 0.5) is 0 Å². The van der Waals surface area contributed by atoms with E-state index in [9.17, 15) is 19.2 Å². The number of allylic oxidation sites excluding steroid dienone is 2. The van der Waals surface area contributed by atoms with Gasteiger partial charge < -0.3 is 10.2 Å². The summed E-state index contributed by atoms with van der Waals surface area (Å²) in [6.07, 6.45) is 7.14. The van der Waals surface area contributed by atoms with Crippen molar-refractivity contribution in [2.24, 2.45) is 11.8 Å². The number of benzene rings is 2. The third kappa shape index (κ3) is 7.24. The lowest BCUT2D eigenvalue weighted by molar-refractivity contribution is -0.144. The zero-order chi connectivity index (χ0) is 27.8. The van der Waals surface area contributed by atoms with Crippen molar-refractivity contribution in [3.8, 4) is 0 Å². The largest absolute Gasteiger partial charge is 0.354 e. The Hall–Kier alpha value is -3.26. The Kier molecular flexibility index (Phi) is 10.1. The van der Waals surface area contributed by atoms with Gasteiger partial charge in [-0.1, -0.05) is 83.9 Å². The molecule has 0 saturated carbocycles. The topological polar surface area (TPSA) is 86.8 Å². The molecule has 1 aliphatic heterocycles. The molecule has 3 atom stereocenters. The molecule has 0 aromatic heterocycles. The second-order valence-electron chi connectivity index (χ2n) is 10.2. The van der Waals surface area contributed by atoms with Crippen LogP contribution in [0.1, 0.15) is 50.2 Å². The molecule has 2 aromatic rings. The molecule has 0 bridgehead atoms. The van der Waals surface area contributed by atoms with Gasteiger partial charge in [0, 0.05) is 36.9 Å². The normalized spacial score (nSPS) is 19.1. The number of rotatable bonds is 12. The van der Waals surface area contributed by atoms with Gasteiger partial charge in [-0.25, -0.2) is 0 Å². The highest BCUT2D eigenvalue weighted by Gasteiger charge is 2.47. The van der Waals surface area contributed by atoms with E-state index in [0.29, 0.717) is 25.8 Å². The molecule has 4 rings (SSSR count). The van der Waals surface area contributed by atoms with Crippen LogP contribution in [-0.2, 0) is 32.1 Å². The number of unbranched alkanes of at least 4 members (excludes halogenated alkanes) is 1. The fourth-order valence-electron chi connectivity index (χ4n) is 5.33. The molecular formula is C31H36BrN3O4. The van der Waals surface area contributed by atoms with Gasteiger partial charge in [0.1, 0.15) is 6.04 Å². The number of carbonyl (C=O) groups excluding carboxylic acids is 4. The number of hydrogen-bond donors (Lipinski definition) is 1. The molecule has 206 valence electrons. The maximum Gasteiger partial charge on any atom is 0.243 e. The van der Waals surface area contributed by atoms with Crippen molar-refractivity contribution >= 4 is 39.6 Å². The van der Waals surface area contributed by atoms with Crippen LogP contribution >= 0.6 is 15.9 Å². The molecule has 0 radical (unpaired) electrons. The van der Waals surface area contributed by atoms with Crippen LogP contribution in [0.2, 0.25) is 0 Å². The van der Waals surface area contributed by atoms with E-state index in [-0.39, 0.29) is 55.0 Å². The van der Waals surface area contributed by atoms with Crippen molar-refractivity contribution < 1.29 is 19.2 Å². The van der Waals surface area contributed by atoms with Gasteiger partial charge in [0.15, 0.2) is 0 Å². The monoisotopic (exact) mass is 593 g/mol. The summed E-state index contributed by atoms with van der Waals surface area (Å²) in [6.45, 7) is 2.85. The summed E-state index contributed by atoms with van der Waals surface area (Å²) >= 11 is 3.50. The second kappa shape index (κ2) is 13.7. The number of nitrogens with zero attached hydrogens (tertiary/aromatic N) is 2. The van der Waals surface area contributed by atoms with Gasteiger partial charge >= 0.3 is 0 Å². The van der Waals surface area contributed by atoms with Crippen LogP contribution in [0.15, 0.2) is 71.2 Å². The van der Waals surface area contributed by atoms with Crippen molar-refractivity contribution in [3.63, 3.8) is 0 Å². The van der Waals surface area contributed by atoms with E-state index in [1.54, 1.807) is 4.90 Å². The highest BCUT2D eigenvalue weighted by atomic mass is 79.9. The Labute approximate surface area is 238 Å². The van der Waals surface area contributed by atoms with Crippen LogP contribution in [0.3, 0.4) is 0 Å². The van der Waals surface area contributed by atoms with E-state index in [0.717, 1.165) is 28.4 Å². The van der Waals surface area contributed by atoms with E-state index in [1.807, 2.05) is 66.7 Å². The van der Waals surface area contributed by atoms with Gasteiger partial charge in [-0.15, -0.1) is 0 Å². The van der Waals surface area contributed by atoms with Crippen LogP contribution < -0.4 is 5.32 Å². The summed E-state index contributed by atoms with van der Waals surface area (Å²) in [4.78, 5) is 56.2. The number of imide groups is 1. The Balaban J connectivity index is 1.57. The Morgan fingerprint density at radius 1 is 1.00 bits per heavy atom. The first-order chi connectivity index (χ1) is 18.9. The van der Waals surface area contributed by atoms with E-state index < -0.39 is 6.04 Å². The van der Waals surface area contributed by atoms with E-state index in [4.69, 9.17) is 0 Å². The summed E-state index contributed by atoms with van der Waals surface area (Å²) in [5.41, 5.74) is 1.82. The van der Waals surface area contributed by atoms with Crippen molar-refractivity contribution in [1.29, 1.82) is 0 Å². The van der Waals surface area contributed by atoms with Crippen molar-refractivity contribution in [2.75, 3.05) is 13.1 Å². The summed E-state index contributed by atoms with van der Waals surface area (Å²) in [5, 5.41) is 3.01. The molecule has 2 aliphatic rings. The highest BCUT2D eigenvalue weighted by molar-refractivity contribution is 9.10. The Bertz CT molecular complexity index is 1190. The standard InChI is InChI=1S/C31H36BrN3O4/c1-2-3-17-33-29(37)27(20-22-10-5-4-6-11-22)35(21-23-12-9-13-24(32)19-23)28(36)16-18-34-30(38)25-14-7-8-15-26(25)31(34)39/h4-13,19,25-27H,2-3,14-18,20-21H2,1H3,(H,33,37)/t25-,26+,27?. The predicted octanol–water partition coefficient (Wildman–Crippen LogP) is 4.65. The van der Waals surface area contributed by atoms with Gasteiger partial charge in [-0.2, -0.15) is 0 Å². The smallest absolute Gasteiger partial charge is 0.243 e. The number of halogens is 1. The number of hydrogen-bond acceptors (Lipinski definition) is 4. The zero-order valence-corrected chi connectivity index (χ0v) is 23.9. The SMILES string of the molecule is CCCCNC(=O)C(Cc1ccccc1)N(Cc1cccc(Br)c1)C(=O)CCN1C(=O)[C@H]2CC=CC[C@H]2C1=O. The minimum atomic E-state index is -0.743. The molecule has 1 unspecified atom stereocenters. The maximum absolute atomic E-state index is 13.9. The van der Waals surface area contributed by atoms with E-state index in [1.165, 1.54) is 4.90 Å². The first kappa shape index (κ1) is 28.7. The average molecular weight is 595 g/mol. The van der Waals surface area contributed by atoms with Crippen LogP contribution in [0.5, 0.6) is 0 Å². The summed E-state index contributed by atoms with van der Waals surface area (Å²) < 4.78 is 0.879. The molecule has 39 heavy (non-hydrogen) atoms. The number of likely N-dealkylation sites (tertiary alicyclic amines) is 1. The predicted molar refractivity (Wildman–Crippen MR) is 153 cm³/mol. The number of fused-ring (bicyclic) bond motifs is 1. The van der Waals surface area contributed by atoms with Gasteiger partial charge in [-0.05, 0) is 42.5 Å². The second-order valence-corrected chi connectivity index (χ2v) is 11.2. The van der Waals surface area contributed by atoms with Crippen LogP contribution in [-0.4, -0.2) is 52.6 Å². The lowest BCUT2D eigenvalue weighted by Crippen LogP contribution is -2.51. The van der Waals surface area contributed by atoms with Gasteiger partial charge in [0.25, 0.3) is 0 Å². The molecule has 1 fully saturated rings. The Morgan fingerprint density at radius 3 is 2.31 bits per heavy atom. The molecule has 2 aromatic carbocycles. The zero-order valence-electron chi connectivity index (χ0n) is 22.4. The fourth-order valence-corrected chi connectivity index (χ4v) is 5.78. The van der Waals surface area contributed by atoms with Crippen molar-refractivity contribution in [2.45, 2.75) is 58.0 Å². The minimum absolute atomic E-state index is 0.0218. The molecule has 7 nitrogen and oxygen atoms in total. The molecule has 1 saturated heterocycles. The summed E-state index contributed by atoms with van der Waals surface area (Å²) in [7, 11) is 0. The molecule has 8 heteroatoms. The van der Waals surface area contributed by atoms with E-state index in [2.05, 4.69) is 28.2 Å². The first-order valence-electron chi connectivity index (χ1n) is 13.7. The number of carbonyl (C=O) groups is 4. The lowest BCUT2D eigenvalue weighted by atomic mass is 9.85. The molecule has 1 heterocycles. The van der Waals surface area contributed by atoms with Gasteiger partial charge in [0.2, 0.25) is 23.6 Å². The third-order valence-electron chi connectivity index (χ3n) is 7.49. The molecule has 1 aliphatic carbocycles. The molecule has 1 N–H and O–H groups in total. The highest BCUT2D eigenvalue weighted by Crippen LogP contribution is 2.35. The lowest BCUT2D eigenvalue weighted by Gasteiger charge is -2.32. The maximum atomic E-state index is 13.9. The van der Waals surface area contributed by atoms with Gasteiger partial charge in [-0.3, -0.25) is 24.1 Å². The van der Waals surface area contributed by atoms with Crippen LogP contribution in [0, 0.1) is 11.8 Å². The van der Waals surface area contributed by atoms with Crippen LogP contribution in [0.25, 0.3) is 0 Å². The van der Waals surface area contributed by atoms with Crippen molar-refractivity contribution in [1.82, 2.24) is 15.1 Å².